The van der Waals surface area contributed by atoms with Crippen molar-refractivity contribution < 1.29 is 17.6 Å². The molecule has 2 heterocycles. The average molecular weight is 452 g/mol. The lowest BCUT2D eigenvalue weighted by Gasteiger charge is -2.34. The molecule has 0 N–H and O–H groups in total. The Labute approximate surface area is 184 Å². The van der Waals surface area contributed by atoms with Crippen LogP contribution in [0, 0.1) is 0 Å². The molecule has 0 bridgehead atoms. The third kappa shape index (κ3) is 3.59. The number of carbonyl (C=O) groups excluding carboxylic acids is 1. The fraction of sp³-hybridized carbons (Fsp3) is 0.217. The zero-order valence-electron chi connectivity index (χ0n) is 17.2. The first-order valence-corrected chi connectivity index (χ1v) is 11.7. The van der Waals surface area contributed by atoms with Gasteiger partial charge in [-0.2, -0.15) is 4.31 Å². The summed E-state index contributed by atoms with van der Waals surface area (Å²) in [4.78, 5) is 26.7. The van der Waals surface area contributed by atoms with Gasteiger partial charge in [-0.25, -0.2) is 13.2 Å². The lowest BCUT2D eigenvalue weighted by atomic mass is 10.1. The molecule has 1 saturated heterocycles. The van der Waals surface area contributed by atoms with Gasteiger partial charge in [-0.15, -0.1) is 0 Å². The summed E-state index contributed by atoms with van der Waals surface area (Å²) in [7, 11) is -3.66. The maximum absolute atomic E-state index is 13.1. The first-order chi connectivity index (χ1) is 15.4. The Morgan fingerprint density at radius 1 is 0.875 bits per heavy atom. The number of fused-ring (bicyclic) bond motifs is 2. The average Bonchev–Trinajstić information content (AvgIpc) is 3.13. The van der Waals surface area contributed by atoms with E-state index in [-0.39, 0.29) is 43.5 Å². The highest BCUT2D eigenvalue weighted by Gasteiger charge is 2.30. The van der Waals surface area contributed by atoms with Crippen molar-refractivity contribution in [3.8, 4) is 0 Å². The molecule has 9 heteroatoms. The van der Waals surface area contributed by atoms with Crippen LogP contribution in [-0.2, 0) is 21.4 Å². The molecule has 1 aliphatic rings. The van der Waals surface area contributed by atoms with Crippen LogP contribution in [0.15, 0.2) is 80.8 Å². The minimum absolute atomic E-state index is 0.146. The summed E-state index contributed by atoms with van der Waals surface area (Å²) in [5.74, 6) is -0.835. The van der Waals surface area contributed by atoms with E-state index < -0.39 is 15.8 Å². The van der Waals surface area contributed by atoms with Gasteiger partial charge in [0.15, 0.2) is 5.58 Å². The number of oxazole rings is 1. The number of hydrogen-bond donors (Lipinski definition) is 0. The van der Waals surface area contributed by atoms with Crippen LogP contribution in [0.3, 0.4) is 0 Å². The van der Waals surface area contributed by atoms with Gasteiger partial charge in [0.25, 0.3) is 0 Å². The number of rotatable bonds is 4. The van der Waals surface area contributed by atoms with Crippen LogP contribution in [-0.4, -0.2) is 54.3 Å². The van der Waals surface area contributed by atoms with E-state index in [1.165, 1.54) is 8.87 Å². The fourth-order valence-corrected chi connectivity index (χ4v) is 5.51. The number of nitrogens with zero attached hydrogens (tertiary/aromatic N) is 3. The summed E-state index contributed by atoms with van der Waals surface area (Å²) in [5, 5.41) is 1.84. The van der Waals surface area contributed by atoms with Crippen molar-refractivity contribution in [2.24, 2.45) is 0 Å². The summed E-state index contributed by atoms with van der Waals surface area (Å²) < 4.78 is 34.1. The molecule has 1 aliphatic heterocycles. The predicted octanol–water partition coefficient (Wildman–Crippen LogP) is 2.28. The van der Waals surface area contributed by atoms with Crippen molar-refractivity contribution in [2.45, 2.75) is 11.4 Å². The molecule has 0 aliphatic carbocycles. The van der Waals surface area contributed by atoms with Crippen LogP contribution in [0.4, 0.5) is 0 Å². The zero-order chi connectivity index (χ0) is 22.3. The number of piperazine rings is 1. The van der Waals surface area contributed by atoms with Crippen molar-refractivity contribution in [2.75, 3.05) is 26.2 Å². The molecular formula is C23H21N3O5S. The van der Waals surface area contributed by atoms with Gasteiger partial charge in [0, 0.05) is 26.2 Å². The Hall–Kier alpha value is -3.43. The topological polar surface area (TPSA) is 92.8 Å². The molecule has 0 atom stereocenters. The smallest absolute Gasteiger partial charge is 0.408 e. The molecule has 3 aromatic carbocycles. The monoisotopic (exact) mass is 451 g/mol. The van der Waals surface area contributed by atoms with E-state index in [2.05, 4.69) is 0 Å². The van der Waals surface area contributed by atoms with Crippen molar-refractivity contribution in [1.82, 2.24) is 13.8 Å². The van der Waals surface area contributed by atoms with Gasteiger partial charge in [-0.05, 0) is 35.0 Å². The van der Waals surface area contributed by atoms with Gasteiger partial charge in [-0.1, -0.05) is 42.5 Å². The van der Waals surface area contributed by atoms with Gasteiger partial charge in [0.1, 0.15) is 6.54 Å². The molecule has 1 aromatic heterocycles. The molecule has 0 radical (unpaired) electrons. The number of benzene rings is 3. The van der Waals surface area contributed by atoms with Crippen LogP contribution in [0.25, 0.3) is 21.9 Å². The van der Waals surface area contributed by atoms with Gasteiger partial charge < -0.3 is 9.32 Å². The highest BCUT2D eigenvalue weighted by Crippen LogP contribution is 2.23. The summed E-state index contributed by atoms with van der Waals surface area (Å²) in [6.45, 7) is 0.767. The van der Waals surface area contributed by atoms with E-state index in [9.17, 15) is 18.0 Å². The first kappa shape index (κ1) is 20.5. The van der Waals surface area contributed by atoms with Gasteiger partial charge >= 0.3 is 5.76 Å². The largest absolute Gasteiger partial charge is 0.420 e. The molecule has 32 heavy (non-hydrogen) atoms. The van der Waals surface area contributed by atoms with Crippen LogP contribution in [0.5, 0.6) is 0 Å². The number of sulfonamides is 1. The SMILES string of the molecule is O=C(Cn1c(=O)oc2ccccc21)N1CCN(S(=O)(=O)c2ccc3ccccc3c2)CC1. The number of amides is 1. The minimum atomic E-state index is -3.66. The highest BCUT2D eigenvalue weighted by molar-refractivity contribution is 7.89. The number of carbonyl (C=O) groups is 1. The molecule has 5 rings (SSSR count). The lowest BCUT2D eigenvalue weighted by molar-refractivity contribution is -0.133. The third-order valence-electron chi connectivity index (χ3n) is 5.82. The summed E-state index contributed by atoms with van der Waals surface area (Å²) in [6.07, 6.45) is 0. The van der Waals surface area contributed by atoms with E-state index in [4.69, 9.17) is 4.42 Å². The van der Waals surface area contributed by atoms with Gasteiger partial charge in [0.2, 0.25) is 15.9 Å². The van der Waals surface area contributed by atoms with Crippen LogP contribution < -0.4 is 5.76 Å². The third-order valence-corrected chi connectivity index (χ3v) is 7.71. The molecule has 4 aromatic rings. The highest BCUT2D eigenvalue weighted by atomic mass is 32.2. The van der Waals surface area contributed by atoms with Crippen molar-refractivity contribution >= 4 is 37.8 Å². The Morgan fingerprint density at radius 2 is 1.56 bits per heavy atom. The maximum Gasteiger partial charge on any atom is 0.420 e. The van der Waals surface area contributed by atoms with Crippen molar-refractivity contribution in [1.29, 1.82) is 0 Å². The second-order valence-electron chi connectivity index (χ2n) is 7.72. The second-order valence-corrected chi connectivity index (χ2v) is 9.65. The van der Waals surface area contributed by atoms with Crippen molar-refractivity contribution in [3.63, 3.8) is 0 Å². The van der Waals surface area contributed by atoms with E-state index >= 15 is 0 Å². The molecule has 0 unspecified atom stereocenters. The molecular weight excluding hydrogens is 430 g/mol. The molecule has 0 spiro atoms. The quantitative estimate of drug-likeness (QED) is 0.475. The van der Waals surface area contributed by atoms with E-state index in [0.29, 0.717) is 11.1 Å². The number of hydrogen-bond acceptors (Lipinski definition) is 5. The number of para-hydroxylation sites is 2. The Bertz CT molecular complexity index is 1480. The summed E-state index contributed by atoms with van der Waals surface area (Å²) in [6, 6.07) is 19.6. The van der Waals surface area contributed by atoms with Gasteiger partial charge in [-0.3, -0.25) is 9.36 Å². The van der Waals surface area contributed by atoms with E-state index in [1.54, 1.807) is 47.4 Å². The van der Waals surface area contributed by atoms with E-state index in [1.807, 2.05) is 24.3 Å². The Kier molecular flexibility index (Phi) is 5.07. The predicted molar refractivity (Wildman–Crippen MR) is 120 cm³/mol. The Morgan fingerprint density at radius 3 is 2.34 bits per heavy atom. The molecule has 1 fully saturated rings. The van der Waals surface area contributed by atoms with Gasteiger partial charge in [0.05, 0.1) is 10.4 Å². The Balaban J connectivity index is 1.29. The fourth-order valence-electron chi connectivity index (χ4n) is 4.05. The number of aromatic nitrogens is 1. The minimum Gasteiger partial charge on any atom is -0.408 e. The molecule has 164 valence electrons. The van der Waals surface area contributed by atoms with Crippen LogP contribution in [0.1, 0.15) is 0 Å². The summed E-state index contributed by atoms with van der Waals surface area (Å²) in [5.41, 5.74) is 0.986. The van der Waals surface area contributed by atoms with E-state index in [0.717, 1.165) is 10.8 Å². The zero-order valence-corrected chi connectivity index (χ0v) is 18.0. The maximum atomic E-state index is 13.1. The van der Waals surface area contributed by atoms with Crippen LogP contribution in [0.2, 0.25) is 0 Å². The summed E-state index contributed by atoms with van der Waals surface area (Å²) >= 11 is 0. The molecule has 1 amide bonds. The molecule has 8 nitrogen and oxygen atoms in total. The van der Waals surface area contributed by atoms with Crippen molar-refractivity contribution in [3.05, 3.63) is 77.3 Å². The first-order valence-electron chi connectivity index (χ1n) is 10.3. The lowest BCUT2D eigenvalue weighted by Crippen LogP contribution is -2.51. The molecule has 0 saturated carbocycles. The second kappa shape index (κ2) is 7.92. The van der Waals surface area contributed by atoms with Crippen LogP contribution >= 0.6 is 0 Å². The normalized spacial score (nSPS) is 15.4. The standard InChI is InChI=1S/C23H21N3O5S/c27-22(16-26-20-7-3-4-8-21(20)31-23(26)28)24-11-13-25(14-12-24)32(29,30)19-10-9-17-5-1-2-6-18(17)15-19/h1-10,15H,11-14,16H2.